The van der Waals surface area contributed by atoms with Crippen LogP contribution in [-0.2, 0) is 22.6 Å². The minimum Gasteiger partial charge on any atom is -0.507 e. The number of aryl methyl sites for hydroxylation is 2. The first-order valence-electron chi connectivity index (χ1n) is 17.1. The van der Waals surface area contributed by atoms with Crippen LogP contribution in [0.1, 0.15) is 67.2 Å². The maximum absolute atomic E-state index is 14.0. The van der Waals surface area contributed by atoms with E-state index < -0.39 is 11.8 Å². The van der Waals surface area contributed by atoms with Crippen LogP contribution in [0.25, 0.3) is 0 Å². The van der Waals surface area contributed by atoms with Crippen LogP contribution in [-0.4, -0.2) is 89.2 Å². The van der Waals surface area contributed by atoms with Crippen LogP contribution >= 0.6 is 0 Å². The molecule has 2 aromatic carbocycles. The Hall–Kier alpha value is -3.63. The molecule has 3 saturated heterocycles. The van der Waals surface area contributed by atoms with Crippen molar-refractivity contribution in [1.29, 1.82) is 0 Å². The molecule has 2 atom stereocenters. The lowest BCUT2D eigenvalue weighted by atomic mass is 9.77. The van der Waals surface area contributed by atoms with Crippen LogP contribution in [0.3, 0.4) is 0 Å². The number of amides is 3. The van der Waals surface area contributed by atoms with E-state index in [4.69, 9.17) is 4.74 Å². The number of hydrogen-bond acceptors (Lipinski definition) is 7. The molecule has 2 aromatic rings. The predicted octanol–water partition coefficient (Wildman–Crippen LogP) is 5.20. The Morgan fingerprint density at radius 2 is 1.70 bits per heavy atom. The van der Waals surface area contributed by atoms with Crippen molar-refractivity contribution >= 4 is 24.1 Å². The molecule has 0 saturated carbocycles. The average molecular weight is 632 g/mol. The van der Waals surface area contributed by atoms with Crippen LogP contribution in [0.4, 0.5) is 15.3 Å². The number of aldehydes is 1. The minimum atomic E-state index is -0.888. The summed E-state index contributed by atoms with van der Waals surface area (Å²) >= 11 is 0. The fourth-order valence-corrected chi connectivity index (χ4v) is 8.55. The van der Waals surface area contributed by atoms with Crippen molar-refractivity contribution in [3.63, 3.8) is 0 Å². The number of nitrogens with one attached hydrogen (secondary N) is 2. The average Bonchev–Trinajstić information content (AvgIpc) is 3.24. The number of phenols is 1. The first-order valence-corrected chi connectivity index (χ1v) is 17.1. The van der Waals surface area contributed by atoms with E-state index >= 15 is 0 Å². The summed E-state index contributed by atoms with van der Waals surface area (Å²) in [4.78, 5) is 46.2. The number of benzene rings is 2. The summed E-state index contributed by atoms with van der Waals surface area (Å²) in [5.74, 6) is 1.60. The minimum absolute atomic E-state index is 0.0719. The topological polar surface area (TPSA) is 114 Å². The normalized spacial score (nSPS) is 25.0. The number of anilines is 1. The van der Waals surface area contributed by atoms with Gasteiger partial charge < -0.3 is 30.2 Å². The summed E-state index contributed by atoms with van der Waals surface area (Å²) in [5, 5.41) is 16.8. The highest BCUT2D eigenvalue weighted by Gasteiger charge is 2.52. The number of piperidine rings is 3. The van der Waals surface area contributed by atoms with Gasteiger partial charge in [0.1, 0.15) is 24.3 Å². The van der Waals surface area contributed by atoms with Gasteiger partial charge in [-0.15, -0.1) is 0 Å². The number of phenolic OH excluding ortho intramolecular Hbond substituents is 1. The van der Waals surface area contributed by atoms with Crippen LogP contribution < -0.4 is 10.6 Å². The molecule has 0 aromatic heterocycles. The van der Waals surface area contributed by atoms with Gasteiger partial charge in [-0.3, -0.25) is 9.80 Å². The summed E-state index contributed by atoms with van der Waals surface area (Å²) in [6.07, 6.45) is 6.94. The number of fused-ring (bicyclic) bond motifs is 1. The van der Waals surface area contributed by atoms with Crippen molar-refractivity contribution in [1.82, 2.24) is 20.0 Å². The van der Waals surface area contributed by atoms with E-state index in [2.05, 4.69) is 21.6 Å². The quantitative estimate of drug-likeness (QED) is 0.360. The van der Waals surface area contributed by atoms with Gasteiger partial charge in [-0.1, -0.05) is 18.2 Å². The molecule has 10 nitrogen and oxygen atoms in total. The molecule has 0 unspecified atom stereocenters. The van der Waals surface area contributed by atoms with Gasteiger partial charge >= 0.3 is 12.1 Å². The molecule has 3 fully saturated rings. The zero-order valence-corrected chi connectivity index (χ0v) is 27.3. The summed E-state index contributed by atoms with van der Waals surface area (Å²) in [7, 11) is 0. The van der Waals surface area contributed by atoms with E-state index in [0.717, 1.165) is 79.7 Å². The van der Waals surface area contributed by atoms with Crippen LogP contribution in [0.2, 0.25) is 0 Å². The van der Waals surface area contributed by atoms with Crippen molar-refractivity contribution in [2.45, 2.75) is 83.5 Å². The monoisotopic (exact) mass is 631 g/mol. The number of nitrogens with zero attached hydrogens (tertiary/aromatic N) is 3. The highest BCUT2D eigenvalue weighted by atomic mass is 16.6. The third-order valence-corrected chi connectivity index (χ3v) is 11.1. The van der Waals surface area contributed by atoms with E-state index in [0.29, 0.717) is 37.8 Å². The Morgan fingerprint density at radius 3 is 2.41 bits per heavy atom. The van der Waals surface area contributed by atoms with E-state index in [9.17, 15) is 19.5 Å². The molecular formula is C36H49N5O5. The zero-order valence-electron chi connectivity index (χ0n) is 27.3. The van der Waals surface area contributed by atoms with Crippen molar-refractivity contribution in [3.8, 4) is 5.75 Å². The number of carbonyl (C=O) groups is 3. The second-order valence-electron chi connectivity index (χ2n) is 13.7. The molecule has 4 aliphatic heterocycles. The van der Waals surface area contributed by atoms with Gasteiger partial charge in [0, 0.05) is 50.7 Å². The van der Waals surface area contributed by atoms with Crippen molar-refractivity contribution in [2.75, 3.05) is 44.6 Å². The van der Waals surface area contributed by atoms with Crippen molar-refractivity contribution in [3.05, 3.63) is 58.7 Å². The molecule has 3 amide bonds. The molecular weight excluding hydrogens is 582 g/mol. The fraction of sp³-hybridized carbons (Fsp3) is 0.583. The zero-order chi connectivity index (χ0) is 32.3. The van der Waals surface area contributed by atoms with Gasteiger partial charge in [0.25, 0.3) is 0 Å². The second kappa shape index (κ2) is 14.0. The highest BCUT2D eigenvalue weighted by molar-refractivity contribution is 5.91. The van der Waals surface area contributed by atoms with Crippen LogP contribution in [0, 0.1) is 25.7 Å². The maximum Gasteiger partial charge on any atom is 0.411 e. The van der Waals surface area contributed by atoms with Gasteiger partial charge in [-0.2, -0.15) is 0 Å². The Bertz CT molecular complexity index is 1400. The third-order valence-electron chi connectivity index (χ3n) is 11.1. The molecule has 0 radical (unpaired) electrons. The number of aromatic hydroxyl groups is 1. The number of ether oxygens (including phenoxy) is 1. The molecule has 6 rings (SSSR count). The van der Waals surface area contributed by atoms with Crippen molar-refractivity contribution < 1.29 is 24.2 Å². The van der Waals surface area contributed by atoms with E-state index in [1.807, 2.05) is 49.1 Å². The lowest BCUT2D eigenvalue weighted by molar-refractivity contribution is -0.128. The molecule has 0 bridgehead atoms. The molecule has 10 heteroatoms. The largest absolute Gasteiger partial charge is 0.507 e. The first-order chi connectivity index (χ1) is 22.3. The first kappa shape index (κ1) is 32.3. The molecule has 4 aliphatic rings. The maximum atomic E-state index is 14.0. The SMILES string of the molecule is Cc1cc(COC(=O)N2CC[C@@H](N3CCc4ccccc4NC3=O)C[C@@]2(CC=O)N2CCC(C3CCNCC3)CC2)cc(C)c1O. The van der Waals surface area contributed by atoms with Crippen LogP contribution in [0.15, 0.2) is 36.4 Å². The molecule has 0 spiro atoms. The standard InChI is InChI=1S/C36H49N5O5/c1-25-21-27(22-26(2)33(25)43)24-46-35(45)41-19-12-31(40-18-11-30-5-3-4-6-32(30)38-34(40)44)23-36(41,13-20-42)39-16-9-29(10-17-39)28-7-14-37-15-8-28/h3-6,20-22,28-29,31,37,43H,7-19,23-24H2,1-2H3,(H,38,44)/t31-,36+/m1/s1. The molecule has 248 valence electrons. The second-order valence-corrected chi connectivity index (χ2v) is 13.7. The van der Waals surface area contributed by atoms with Gasteiger partial charge in [0.05, 0.1) is 0 Å². The molecule has 0 aliphatic carbocycles. The van der Waals surface area contributed by atoms with Gasteiger partial charge in [0.15, 0.2) is 0 Å². The van der Waals surface area contributed by atoms with Gasteiger partial charge in [0.2, 0.25) is 0 Å². The van der Waals surface area contributed by atoms with Crippen molar-refractivity contribution in [2.24, 2.45) is 11.8 Å². The van der Waals surface area contributed by atoms with Gasteiger partial charge in [-0.05, 0) is 118 Å². The summed E-state index contributed by atoms with van der Waals surface area (Å²) < 4.78 is 5.95. The Kier molecular flexibility index (Phi) is 9.84. The number of hydrogen-bond donors (Lipinski definition) is 3. The fourth-order valence-electron chi connectivity index (χ4n) is 8.55. The number of rotatable bonds is 7. The number of likely N-dealkylation sites (tertiary alicyclic amines) is 2. The Balaban J connectivity index is 1.24. The lowest BCUT2D eigenvalue weighted by Gasteiger charge is -2.56. The smallest absolute Gasteiger partial charge is 0.411 e. The predicted molar refractivity (Wildman–Crippen MR) is 177 cm³/mol. The molecule has 4 heterocycles. The lowest BCUT2D eigenvalue weighted by Crippen LogP contribution is -2.69. The van der Waals surface area contributed by atoms with Gasteiger partial charge in [-0.25, -0.2) is 9.59 Å². The molecule has 46 heavy (non-hydrogen) atoms. The third kappa shape index (κ3) is 6.60. The summed E-state index contributed by atoms with van der Waals surface area (Å²) in [6.45, 7) is 8.44. The van der Waals surface area contributed by atoms with E-state index in [1.165, 1.54) is 12.8 Å². The Labute approximate surface area is 272 Å². The summed E-state index contributed by atoms with van der Waals surface area (Å²) in [6, 6.07) is 11.3. The molecule has 3 N–H and O–H groups in total. The van der Waals surface area contributed by atoms with E-state index in [1.54, 1.807) is 4.90 Å². The Morgan fingerprint density at radius 1 is 1.00 bits per heavy atom. The summed E-state index contributed by atoms with van der Waals surface area (Å²) in [5.41, 5.74) is 3.34. The number of para-hydroxylation sites is 1. The van der Waals surface area contributed by atoms with Crippen LogP contribution in [0.5, 0.6) is 5.75 Å². The number of carbonyl (C=O) groups excluding carboxylic acids is 3. The highest BCUT2D eigenvalue weighted by Crippen LogP contribution is 2.41. The number of urea groups is 1. The van der Waals surface area contributed by atoms with E-state index in [-0.39, 0.29) is 30.9 Å².